The highest BCUT2D eigenvalue weighted by Crippen LogP contribution is 2.52. The third kappa shape index (κ3) is 1.91. The molecule has 12 heavy (non-hydrogen) atoms. The standard InChI is InChI=1S/C4H2BrCl3O2S2/c5-4(12(8,9)10)1-2(6)11-3(4)7/h1,3H. The Bertz CT molecular complexity index is 327. The molecule has 70 valence electrons. The second-order valence-corrected chi connectivity index (χ2v) is 9.10. The molecule has 8 heteroatoms. The molecule has 0 saturated carbocycles. The van der Waals surface area contributed by atoms with Gasteiger partial charge in [-0.25, -0.2) is 8.42 Å². The van der Waals surface area contributed by atoms with Crippen LogP contribution in [0.4, 0.5) is 0 Å². The van der Waals surface area contributed by atoms with Crippen molar-refractivity contribution in [2.45, 2.75) is 8.37 Å². The molecule has 0 aliphatic carbocycles. The van der Waals surface area contributed by atoms with E-state index in [2.05, 4.69) is 15.9 Å². The second kappa shape index (κ2) is 3.51. The second-order valence-electron chi connectivity index (χ2n) is 2.02. The largest absolute Gasteiger partial charge is 0.254 e. The van der Waals surface area contributed by atoms with E-state index >= 15 is 0 Å². The number of alkyl halides is 2. The average Bonchev–Trinajstić information content (AvgIpc) is 2.06. The first-order chi connectivity index (χ1) is 5.27. The van der Waals surface area contributed by atoms with Crippen molar-refractivity contribution in [2.75, 3.05) is 0 Å². The summed E-state index contributed by atoms with van der Waals surface area (Å²) in [6.45, 7) is 0. The van der Waals surface area contributed by atoms with E-state index < -0.39 is 17.4 Å². The zero-order chi connectivity index (χ0) is 9.57. The third-order valence-electron chi connectivity index (χ3n) is 1.21. The molecule has 0 saturated heterocycles. The molecule has 0 N–H and O–H groups in total. The summed E-state index contributed by atoms with van der Waals surface area (Å²) in [5, 5.41) is 0. The van der Waals surface area contributed by atoms with E-state index in [1.165, 1.54) is 6.08 Å². The minimum Gasteiger partial charge on any atom is -0.210 e. The van der Waals surface area contributed by atoms with Crippen molar-refractivity contribution in [3.8, 4) is 0 Å². The Morgan fingerprint density at radius 2 is 2.17 bits per heavy atom. The van der Waals surface area contributed by atoms with Gasteiger partial charge in [0.25, 0.3) is 9.05 Å². The van der Waals surface area contributed by atoms with Crippen molar-refractivity contribution >= 4 is 70.6 Å². The predicted molar refractivity (Wildman–Crippen MR) is 57.6 cm³/mol. The van der Waals surface area contributed by atoms with Gasteiger partial charge in [-0.1, -0.05) is 39.3 Å². The van der Waals surface area contributed by atoms with Crippen LogP contribution in [0.5, 0.6) is 0 Å². The lowest BCUT2D eigenvalue weighted by Crippen LogP contribution is -2.31. The number of thioether (sulfide) groups is 1. The summed E-state index contributed by atoms with van der Waals surface area (Å²) >= 11 is 15.3. The first-order valence-corrected chi connectivity index (χ1v) is 7.39. The molecule has 0 amide bonds. The van der Waals surface area contributed by atoms with Crippen molar-refractivity contribution in [1.82, 2.24) is 0 Å². The van der Waals surface area contributed by atoms with Gasteiger partial charge in [-0.2, -0.15) is 0 Å². The summed E-state index contributed by atoms with van der Waals surface area (Å²) < 4.78 is 20.2. The monoisotopic (exact) mass is 330 g/mol. The van der Waals surface area contributed by atoms with Crippen LogP contribution in [-0.2, 0) is 9.05 Å². The van der Waals surface area contributed by atoms with Gasteiger partial charge in [0, 0.05) is 10.7 Å². The van der Waals surface area contributed by atoms with E-state index in [4.69, 9.17) is 33.9 Å². The third-order valence-corrected chi connectivity index (χ3v) is 8.36. The van der Waals surface area contributed by atoms with Gasteiger partial charge in [-0.15, -0.1) is 11.6 Å². The molecule has 2 atom stereocenters. The highest BCUT2D eigenvalue weighted by Gasteiger charge is 2.50. The topological polar surface area (TPSA) is 34.1 Å². The molecule has 0 aromatic carbocycles. The van der Waals surface area contributed by atoms with E-state index in [-0.39, 0.29) is 0 Å². The molecule has 1 aliphatic rings. The summed E-state index contributed by atoms with van der Waals surface area (Å²) in [4.78, 5) is 0. The van der Waals surface area contributed by atoms with Crippen molar-refractivity contribution in [1.29, 1.82) is 0 Å². The van der Waals surface area contributed by atoms with Gasteiger partial charge in [-0.3, -0.25) is 0 Å². The average molecular weight is 332 g/mol. The maximum atomic E-state index is 11.0. The van der Waals surface area contributed by atoms with Crippen LogP contribution in [0.2, 0.25) is 0 Å². The highest BCUT2D eigenvalue weighted by atomic mass is 79.9. The van der Waals surface area contributed by atoms with Gasteiger partial charge in [0.15, 0.2) is 3.66 Å². The summed E-state index contributed by atoms with van der Waals surface area (Å²) in [5.74, 6) is 0. The summed E-state index contributed by atoms with van der Waals surface area (Å²) in [7, 11) is 1.36. The molecule has 0 radical (unpaired) electrons. The fourth-order valence-electron chi connectivity index (χ4n) is 0.615. The van der Waals surface area contributed by atoms with Crippen molar-refractivity contribution in [3.63, 3.8) is 0 Å². The Balaban J connectivity index is 3.17. The summed E-state index contributed by atoms with van der Waals surface area (Å²) in [6, 6.07) is 0. The molecule has 0 spiro atoms. The van der Waals surface area contributed by atoms with E-state index in [1.54, 1.807) is 0 Å². The lowest BCUT2D eigenvalue weighted by Gasteiger charge is -2.18. The number of rotatable bonds is 1. The van der Waals surface area contributed by atoms with Crippen LogP contribution >= 0.6 is 61.6 Å². The van der Waals surface area contributed by atoms with Gasteiger partial charge in [0.05, 0.1) is 4.36 Å². The smallest absolute Gasteiger partial charge is 0.210 e. The van der Waals surface area contributed by atoms with Crippen molar-refractivity contribution in [2.24, 2.45) is 0 Å². The fraction of sp³-hybridized carbons (Fsp3) is 0.500. The Morgan fingerprint density at radius 1 is 1.67 bits per heavy atom. The number of hydrogen-bond acceptors (Lipinski definition) is 3. The lowest BCUT2D eigenvalue weighted by atomic mass is 10.5. The Hall–Kier alpha value is 1.39. The molecule has 0 fully saturated rings. The van der Waals surface area contributed by atoms with Crippen LogP contribution in [-0.4, -0.2) is 16.8 Å². The quantitative estimate of drug-likeness (QED) is 0.547. The molecule has 0 aromatic rings. The Morgan fingerprint density at radius 3 is 2.33 bits per heavy atom. The fourth-order valence-corrected chi connectivity index (χ4v) is 5.21. The SMILES string of the molecule is O=S(=O)(Cl)C1(Br)C=C(Cl)SC1Cl. The number of hydrogen-bond donors (Lipinski definition) is 0. The van der Waals surface area contributed by atoms with Crippen molar-refractivity contribution < 1.29 is 8.42 Å². The van der Waals surface area contributed by atoms with E-state index in [1.807, 2.05) is 0 Å². The van der Waals surface area contributed by atoms with Gasteiger partial charge < -0.3 is 0 Å². The van der Waals surface area contributed by atoms with E-state index in [0.717, 1.165) is 11.8 Å². The van der Waals surface area contributed by atoms with Gasteiger partial charge in [-0.05, 0) is 6.08 Å². The zero-order valence-electron chi connectivity index (χ0n) is 5.30. The normalized spacial score (nSPS) is 36.7. The van der Waals surface area contributed by atoms with Gasteiger partial charge in [0.2, 0.25) is 0 Å². The molecular formula is C4H2BrCl3O2S2. The molecular weight excluding hydrogens is 330 g/mol. The van der Waals surface area contributed by atoms with Gasteiger partial charge >= 0.3 is 0 Å². The van der Waals surface area contributed by atoms with E-state index in [0.29, 0.717) is 4.36 Å². The van der Waals surface area contributed by atoms with Crippen LogP contribution in [0.15, 0.2) is 10.4 Å². The summed E-state index contributed by atoms with van der Waals surface area (Å²) in [5.41, 5.74) is 0. The molecule has 1 heterocycles. The maximum absolute atomic E-state index is 11.0. The molecule has 0 bridgehead atoms. The lowest BCUT2D eigenvalue weighted by molar-refractivity contribution is 0.602. The predicted octanol–water partition coefficient (Wildman–Crippen LogP) is 3.04. The van der Waals surface area contributed by atoms with Crippen molar-refractivity contribution in [3.05, 3.63) is 10.4 Å². The van der Waals surface area contributed by atoms with Crippen LogP contribution < -0.4 is 0 Å². The minimum atomic E-state index is -3.81. The number of halogens is 4. The molecule has 1 aliphatic heterocycles. The highest BCUT2D eigenvalue weighted by molar-refractivity contribution is 9.12. The summed E-state index contributed by atoms with van der Waals surface area (Å²) in [6.07, 6.45) is 1.28. The maximum Gasteiger partial charge on any atom is 0.254 e. The molecule has 2 unspecified atom stereocenters. The van der Waals surface area contributed by atoms with Crippen LogP contribution in [0.25, 0.3) is 0 Å². The zero-order valence-corrected chi connectivity index (χ0v) is 10.8. The molecule has 2 nitrogen and oxygen atoms in total. The van der Waals surface area contributed by atoms with Crippen LogP contribution in [0, 0.1) is 0 Å². The Kier molecular flexibility index (Phi) is 3.36. The van der Waals surface area contributed by atoms with Gasteiger partial charge in [0.1, 0.15) is 4.71 Å². The minimum absolute atomic E-state index is 0.316. The van der Waals surface area contributed by atoms with Crippen LogP contribution in [0.3, 0.4) is 0 Å². The Labute approximate surface area is 97.2 Å². The molecule has 0 aromatic heterocycles. The molecule has 1 rings (SSSR count). The first-order valence-electron chi connectivity index (χ1n) is 2.59. The van der Waals surface area contributed by atoms with E-state index in [9.17, 15) is 8.42 Å². The first kappa shape index (κ1) is 11.5. The van der Waals surface area contributed by atoms with Crippen LogP contribution in [0.1, 0.15) is 0 Å².